The number of nitrogens with one attached hydrogen (secondary N) is 1. The number of unbranched alkanes of at least 4 members (excludes halogenated alkanes) is 1. The summed E-state index contributed by atoms with van der Waals surface area (Å²) in [7, 11) is 0. The molecule has 138 valence electrons. The number of benzene rings is 1. The number of carbonyl (C=O) groups is 3. The molecular formula is C18H19N2O4S2-. The van der Waals surface area contributed by atoms with Gasteiger partial charge in [0.15, 0.2) is 0 Å². The van der Waals surface area contributed by atoms with E-state index in [1.54, 1.807) is 6.08 Å². The van der Waals surface area contributed by atoms with E-state index in [2.05, 4.69) is 5.32 Å². The van der Waals surface area contributed by atoms with Gasteiger partial charge in [-0.05, 0) is 18.1 Å². The number of amides is 2. The van der Waals surface area contributed by atoms with Crippen LogP contribution in [0.4, 0.5) is 0 Å². The fraction of sp³-hybridized carbons (Fsp3) is 0.333. The second-order valence-corrected chi connectivity index (χ2v) is 7.44. The van der Waals surface area contributed by atoms with E-state index in [9.17, 15) is 19.5 Å². The Morgan fingerprint density at radius 2 is 2.04 bits per heavy atom. The molecule has 1 fully saturated rings. The van der Waals surface area contributed by atoms with Crippen LogP contribution >= 0.6 is 24.0 Å². The summed E-state index contributed by atoms with van der Waals surface area (Å²) < 4.78 is 0.269. The smallest absolute Gasteiger partial charge is 0.266 e. The van der Waals surface area contributed by atoms with Crippen LogP contribution in [0.15, 0.2) is 35.2 Å². The Balaban J connectivity index is 2.01. The monoisotopic (exact) mass is 391 g/mol. The summed E-state index contributed by atoms with van der Waals surface area (Å²) in [5.41, 5.74) is 0.856. The minimum Gasteiger partial charge on any atom is -0.548 e. The maximum absolute atomic E-state index is 12.5. The van der Waals surface area contributed by atoms with Gasteiger partial charge in [-0.3, -0.25) is 14.5 Å². The van der Waals surface area contributed by atoms with Crippen LogP contribution < -0.4 is 10.4 Å². The molecule has 1 aromatic carbocycles. The van der Waals surface area contributed by atoms with E-state index in [0.29, 0.717) is 11.3 Å². The molecule has 1 aromatic rings. The molecule has 0 radical (unpaired) electrons. The number of carboxylic acids is 1. The van der Waals surface area contributed by atoms with Crippen LogP contribution in [0.1, 0.15) is 31.7 Å². The molecule has 1 N–H and O–H groups in total. The van der Waals surface area contributed by atoms with Crippen LogP contribution in [-0.2, 0) is 14.4 Å². The first-order chi connectivity index (χ1) is 12.4. The highest BCUT2D eigenvalue weighted by atomic mass is 32.2. The maximum atomic E-state index is 12.5. The highest BCUT2D eigenvalue weighted by Gasteiger charge is 2.33. The highest BCUT2D eigenvalue weighted by molar-refractivity contribution is 8.26. The summed E-state index contributed by atoms with van der Waals surface area (Å²) in [6.45, 7) is 1.61. The van der Waals surface area contributed by atoms with E-state index in [0.717, 1.165) is 23.7 Å². The third-order valence-electron chi connectivity index (χ3n) is 3.74. The van der Waals surface area contributed by atoms with E-state index in [1.807, 2.05) is 37.3 Å². The Morgan fingerprint density at radius 3 is 2.65 bits per heavy atom. The zero-order valence-corrected chi connectivity index (χ0v) is 15.9. The molecule has 0 aromatic heterocycles. The number of aliphatic carboxylic acids is 1. The molecule has 1 aliphatic rings. The van der Waals surface area contributed by atoms with Crippen molar-refractivity contribution < 1.29 is 19.5 Å². The Kier molecular flexibility index (Phi) is 7.35. The van der Waals surface area contributed by atoms with E-state index in [1.165, 1.54) is 4.90 Å². The first-order valence-corrected chi connectivity index (χ1v) is 9.45. The van der Waals surface area contributed by atoms with Crippen molar-refractivity contribution in [2.45, 2.75) is 32.2 Å². The lowest BCUT2D eigenvalue weighted by molar-refractivity contribution is -0.308. The first-order valence-electron chi connectivity index (χ1n) is 8.23. The summed E-state index contributed by atoms with van der Waals surface area (Å²) in [6.07, 6.45) is 3.46. The maximum Gasteiger partial charge on any atom is 0.266 e. The average molecular weight is 391 g/mol. The molecule has 26 heavy (non-hydrogen) atoms. The molecule has 2 amide bonds. The average Bonchev–Trinajstić information content (AvgIpc) is 2.86. The second-order valence-electron chi connectivity index (χ2n) is 5.76. The summed E-state index contributed by atoms with van der Waals surface area (Å²) in [5, 5.41) is 13.5. The SMILES string of the molecule is CCCC[C@H](NC(=O)CN1C(=O)/C(=C/c2ccccc2)SC1=S)C(=O)[O-]. The normalized spacial score (nSPS) is 16.8. The van der Waals surface area contributed by atoms with Gasteiger partial charge in [0.1, 0.15) is 10.9 Å². The molecule has 0 aliphatic carbocycles. The molecule has 1 aliphatic heterocycles. The zero-order valence-electron chi connectivity index (χ0n) is 14.3. The van der Waals surface area contributed by atoms with Crippen molar-refractivity contribution in [3.8, 4) is 0 Å². The standard InChI is InChI=1S/C18H20N2O4S2/c1-2-3-9-13(17(23)24)19-15(21)11-20-16(22)14(26-18(20)25)10-12-7-5-4-6-8-12/h4-8,10,13H,2-3,9,11H2,1H3,(H,19,21)(H,23,24)/p-1/b14-10-/t13-/m0/s1. The van der Waals surface area contributed by atoms with E-state index in [-0.39, 0.29) is 23.2 Å². The quantitative estimate of drug-likeness (QED) is 0.531. The largest absolute Gasteiger partial charge is 0.548 e. The van der Waals surface area contributed by atoms with Gasteiger partial charge in [-0.15, -0.1) is 0 Å². The minimum absolute atomic E-state index is 0.269. The Morgan fingerprint density at radius 1 is 1.35 bits per heavy atom. The van der Waals surface area contributed by atoms with Gasteiger partial charge in [-0.1, -0.05) is 74.1 Å². The number of hydrogen-bond donors (Lipinski definition) is 1. The third kappa shape index (κ3) is 5.40. The molecule has 6 nitrogen and oxygen atoms in total. The number of thioether (sulfide) groups is 1. The number of carbonyl (C=O) groups excluding carboxylic acids is 3. The first kappa shape index (κ1) is 20.1. The highest BCUT2D eigenvalue weighted by Crippen LogP contribution is 2.32. The van der Waals surface area contributed by atoms with E-state index >= 15 is 0 Å². The Labute approximate surface area is 161 Å². The van der Waals surface area contributed by atoms with E-state index < -0.39 is 17.9 Å². The molecule has 0 saturated carbocycles. The van der Waals surface area contributed by atoms with Crippen molar-refractivity contribution in [3.05, 3.63) is 40.8 Å². The van der Waals surface area contributed by atoms with Crippen molar-refractivity contribution in [2.75, 3.05) is 6.54 Å². The van der Waals surface area contributed by atoms with Crippen molar-refractivity contribution >= 4 is 52.2 Å². The summed E-state index contributed by atoms with van der Waals surface area (Å²) in [4.78, 5) is 37.4. The van der Waals surface area contributed by atoms with Gasteiger partial charge >= 0.3 is 0 Å². The fourth-order valence-electron chi connectivity index (χ4n) is 2.38. The summed E-state index contributed by atoms with van der Waals surface area (Å²) >= 11 is 6.30. The molecule has 1 atom stereocenters. The minimum atomic E-state index is -1.33. The van der Waals surface area contributed by atoms with Crippen LogP contribution in [0.25, 0.3) is 6.08 Å². The van der Waals surface area contributed by atoms with Gasteiger partial charge in [-0.25, -0.2) is 0 Å². The van der Waals surface area contributed by atoms with Crippen LogP contribution in [0, 0.1) is 0 Å². The van der Waals surface area contributed by atoms with Crippen LogP contribution in [0.3, 0.4) is 0 Å². The number of thiocarbonyl (C=S) groups is 1. The lowest BCUT2D eigenvalue weighted by Gasteiger charge is -2.21. The van der Waals surface area contributed by atoms with Gasteiger partial charge in [0.2, 0.25) is 5.91 Å². The molecule has 1 saturated heterocycles. The number of nitrogens with zero attached hydrogens (tertiary/aromatic N) is 1. The van der Waals surface area contributed by atoms with Crippen LogP contribution in [-0.4, -0.2) is 39.6 Å². The second kappa shape index (κ2) is 9.49. The molecule has 2 rings (SSSR count). The zero-order chi connectivity index (χ0) is 19.1. The van der Waals surface area contributed by atoms with Gasteiger partial charge in [0, 0.05) is 0 Å². The predicted octanol–water partition coefficient (Wildman–Crippen LogP) is 1.31. The van der Waals surface area contributed by atoms with Crippen molar-refractivity contribution in [1.82, 2.24) is 10.2 Å². The van der Waals surface area contributed by atoms with Crippen molar-refractivity contribution in [2.24, 2.45) is 0 Å². The number of carboxylic acid groups (broad SMARTS) is 1. The van der Waals surface area contributed by atoms with Crippen LogP contribution in [0.5, 0.6) is 0 Å². The predicted molar refractivity (Wildman–Crippen MR) is 103 cm³/mol. The van der Waals surface area contributed by atoms with Gasteiger partial charge < -0.3 is 15.2 Å². The summed E-state index contributed by atoms with van der Waals surface area (Å²) in [6, 6.07) is 8.24. The van der Waals surface area contributed by atoms with E-state index in [4.69, 9.17) is 12.2 Å². The molecule has 0 unspecified atom stereocenters. The van der Waals surface area contributed by atoms with Gasteiger partial charge in [-0.2, -0.15) is 0 Å². The van der Waals surface area contributed by atoms with Gasteiger partial charge in [0.05, 0.1) is 16.9 Å². The van der Waals surface area contributed by atoms with Crippen molar-refractivity contribution in [3.63, 3.8) is 0 Å². The molecule has 0 bridgehead atoms. The van der Waals surface area contributed by atoms with Crippen molar-refractivity contribution in [1.29, 1.82) is 0 Å². The fourth-order valence-corrected chi connectivity index (χ4v) is 3.63. The molecule has 0 spiro atoms. The molecule has 1 heterocycles. The lowest BCUT2D eigenvalue weighted by Crippen LogP contribution is -2.50. The van der Waals surface area contributed by atoms with Crippen LogP contribution in [0.2, 0.25) is 0 Å². The Bertz CT molecular complexity index is 734. The third-order valence-corrected chi connectivity index (χ3v) is 5.12. The summed E-state index contributed by atoms with van der Waals surface area (Å²) in [5.74, 6) is -2.27. The lowest BCUT2D eigenvalue weighted by atomic mass is 10.1. The number of rotatable bonds is 8. The molecular weight excluding hydrogens is 372 g/mol. The van der Waals surface area contributed by atoms with Gasteiger partial charge in [0.25, 0.3) is 5.91 Å². The topological polar surface area (TPSA) is 89.5 Å². The Hall–Kier alpha value is -2.19. The number of hydrogen-bond acceptors (Lipinski definition) is 6. The molecule has 8 heteroatoms.